The number of nitrogens with zero attached hydrogens (tertiary/aromatic N) is 1. The number of benzene rings is 2. The molecule has 0 spiro atoms. The summed E-state index contributed by atoms with van der Waals surface area (Å²) < 4.78 is 33.3. The first kappa shape index (κ1) is 17.8. The molecule has 2 aromatic carbocycles. The SMILES string of the molecule is COC(=O)c1cc(F)c(N2CC[C@H](c3ccccc3)[C@H]2C(N)=O)cc1F. The quantitative estimate of drug-likeness (QED) is 0.851. The number of rotatable bonds is 4. The van der Waals surface area contributed by atoms with E-state index in [1.54, 1.807) is 0 Å². The smallest absolute Gasteiger partial charge is 0.340 e. The Bertz CT molecular complexity index is 842. The summed E-state index contributed by atoms with van der Waals surface area (Å²) in [4.78, 5) is 25.0. The lowest BCUT2D eigenvalue weighted by atomic mass is 9.91. The molecule has 0 saturated carbocycles. The predicted octanol–water partition coefficient (Wildman–Crippen LogP) is 2.60. The van der Waals surface area contributed by atoms with Gasteiger partial charge in [0.05, 0.1) is 18.4 Å². The van der Waals surface area contributed by atoms with Crippen molar-refractivity contribution < 1.29 is 23.1 Å². The van der Waals surface area contributed by atoms with Crippen LogP contribution in [0.25, 0.3) is 0 Å². The molecule has 2 aromatic rings. The number of amides is 1. The van der Waals surface area contributed by atoms with Gasteiger partial charge in [-0.2, -0.15) is 0 Å². The lowest BCUT2D eigenvalue weighted by Crippen LogP contribution is -2.43. The van der Waals surface area contributed by atoms with Crippen LogP contribution in [0.2, 0.25) is 0 Å². The Kier molecular flexibility index (Phi) is 4.88. The number of methoxy groups -OCH3 is 1. The fourth-order valence-electron chi connectivity index (χ4n) is 3.49. The summed E-state index contributed by atoms with van der Waals surface area (Å²) in [6, 6.07) is 10.2. The molecular weight excluding hydrogens is 342 g/mol. The highest BCUT2D eigenvalue weighted by Gasteiger charge is 2.40. The number of carbonyl (C=O) groups excluding carboxylic acids is 2. The number of primary amides is 1. The van der Waals surface area contributed by atoms with Gasteiger partial charge in [0.25, 0.3) is 0 Å². The van der Waals surface area contributed by atoms with Crippen LogP contribution in [0.3, 0.4) is 0 Å². The van der Waals surface area contributed by atoms with Gasteiger partial charge in [-0.3, -0.25) is 4.79 Å². The molecule has 5 nitrogen and oxygen atoms in total. The Morgan fingerprint density at radius 3 is 2.46 bits per heavy atom. The molecule has 7 heteroatoms. The van der Waals surface area contributed by atoms with Crippen LogP contribution in [-0.4, -0.2) is 31.6 Å². The van der Waals surface area contributed by atoms with Crippen molar-refractivity contribution in [1.82, 2.24) is 0 Å². The number of nitrogens with two attached hydrogens (primary N) is 1. The third kappa shape index (κ3) is 3.12. The number of halogens is 2. The van der Waals surface area contributed by atoms with E-state index in [-0.39, 0.29) is 11.6 Å². The fraction of sp³-hybridized carbons (Fsp3) is 0.263. The maximum atomic E-state index is 14.6. The number of hydrogen-bond donors (Lipinski definition) is 1. The van der Waals surface area contributed by atoms with Crippen LogP contribution in [0, 0.1) is 11.6 Å². The Morgan fingerprint density at radius 2 is 1.85 bits per heavy atom. The Hall–Kier alpha value is -2.96. The van der Waals surface area contributed by atoms with Gasteiger partial charge >= 0.3 is 5.97 Å². The highest BCUT2D eigenvalue weighted by Crippen LogP contribution is 2.38. The van der Waals surface area contributed by atoms with E-state index < -0.39 is 35.1 Å². The first-order valence-corrected chi connectivity index (χ1v) is 8.12. The van der Waals surface area contributed by atoms with Crippen LogP contribution in [0.5, 0.6) is 0 Å². The van der Waals surface area contributed by atoms with Gasteiger partial charge in [-0.1, -0.05) is 30.3 Å². The molecule has 2 atom stereocenters. The second-order valence-corrected chi connectivity index (χ2v) is 6.12. The van der Waals surface area contributed by atoms with Gasteiger partial charge < -0.3 is 15.4 Å². The van der Waals surface area contributed by atoms with Gasteiger partial charge in [0.15, 0.2) is 0 Å². The largest absolute Gasteiger partial charge is 0.465 e. The number of hydrogen-bond acceptors (Lipinski definition) is 4. The zero-order valence-electron chi connectivity index (χ0n) is 14.1. The van der Waals surface area contributed by atoms with E-state index in [4.69, 9.17) is 5.73 Å². The van der Waals surface area contributed by atoms with Crippen molar-refractivity contribution in [2.45, 2.75) is 18.4 Å². The van der Waals surface area contributed by atoms with Crippen molar-refractivity contribution in [3.05, 3.63) is 65.2 Å². The molecule has 1 saturated heterocycles. The topological polar surface area (TPSA) is 72.6 Å². The molecule has 0 bridgehead atoms. The number of ether oxygens (including phenoxy) is 1. The summed E-state index contributed by atoms with van der Waals surface area (Å²) in [5.41, 5.74) is 5.88. The summed E-state index contributed by atoms with van der Waals surface area (Å²) in [6.07, 6.45) is 0.567. The molecule has 0 radical (unpaired) electrons. The van der Waals surface area contributed by atoms with Crippen molar-refractivity contribution in [2.75, 3.05) is 18.6 Å². The van der Waals surface area contributed by atoms with Crippen LogP contribution in [0.1, 0.15) is 28.3 Å². The molecule has 0 aromatic heterocycles. The van der Waals surface area contributed by atoms with E-state index in [0.29, 0.717) is 13.0 Å². The summed E-state index contributed by atoms with van der Waals surface area (Å²) >= 11 is 0. The number of anilines is 1. The van der Waals surface area contributed by atoms with Crippen LogP contribution in [0.4, 0.5) is 14.5 Å². The highest BCUT2D eigenvalue weighted by atomic mass is 19.1. The summed E-state index contributed by atoms with van der Waals surface area (Å²) in [7, 11) is 1.08. The van der Waals surface area contributed by atoms with Crippen molar-refractivity contribution in [1.29, 1.82) is 0 Å². The average molecular weight is 360 g/mol. The molecule has 1 amide bonds. The zero-order chi connectivity index (χ0) is 18.8. The fourth-order valence-corrected chi connectivity index (χ4v) is 3.49. The van der Waals surface area contributed by atoms with Gasteiger partial charge in [-0.25, -0.2) is 13.6 Å². The van der Waals surface area contributed by atoms with Crippen LogP contribution in [-0.2, 0) is 9.53 Å². The van der Waals surface area contributed by atoms with Crippen LogP contribution in [0.15, 0.2) is 42.5 Å². The molecule has 1 heterocycles. The average Bonchev–Trinajstić information content (AvgIpc) is 3.08. The molecule has 3 rings (SSSR count). The maximum absolute atomic E-state index is 14.6. The summed E-state index contributed by atoms with van der Waals surface area (Å²) in [5, 5.41) is 0. The van der Waals surface area contributed by atoms with Crippen molar-refractivity contribution in [2.24, 2.45) is 5.73 Å². The second-order valence-electron chi connectivity index (χ2n) is 6.12. The van der Waals surface area contributed by atoms with E-state index in [9.17, 15) is 18.4 Å². The zero-order valence-corrected chi connectivity index (χ0v) is 14.1. The predicted molar refractivity (Wildman–Crippen MR) is 91.8 cm³/mol. The second kappa shape index (κ2) is 7.11. The van der Waals surface area contributed by atoms with Gasteiger partial charge in [-0.05, 0) is 18.1 Å². The highest BCUT2D eigenvalue weighted by molar-refractivity contribution is 5.91. The molecular formula is C19H18F2N2O3. The monoisotopic (exact) mass is 360 g/mol. The molecule has 0 unspecified atom stereocenters. The first-order chi connectivity index (χ1) is 12.4. The normalized spacial score (nSPS) is 19.4. The van der Waals surface area contributed by atoms with E-state index in [2.05, 4.69) is 4.74 Å². The summed E-state index contributed by atoms with van der Waals surface area (Å²) in [5.74, 6) is -3.54. The van der Waals surface area contributed by atoms with Crippen LogP contribution < -0.4 is 10.6 Å². The molecule has 2 N–H and O–H groups in total. The molecule has 26 heavy (non-hydrogen) atoms. The third-order valence-corrected chi connectivity index (χ3v) is 4.67. The Balaban J connectivity index is 2.00. The standard InChI is InChI=1S/C19H18F2N2O3/c1-26-19(25)13-9-15(21)16(10-14(13)20)23-8-7-12(17(23)18(22)24)11-5-3-2-4-6-11/h2-6,9-10,12,17H,7-8H2,1H3,(H2,22,24)/t12-,17+/m1/s1. The maximum Gasteiger partial charge on any atom is 0.340 e. The minimum atomic E-state index is -0.969. The van der Waals surface area contributed by atoms with E-state index in [0.717, 1.165) is 24.8 Å². The van der Waals surface area contributed by atoms with Crippen molar-refractivity contribution in [3.8, 4) is 0 Å². The van der Waals surface area contributed by atoms with E-state index >= 15 is 0 Å². The van der Waals surface area contributed by atoms with Gasteiger partial charge in [-0.15, -0.1) is 0 Å². The first-order valence-electron chi connectivity index (χ1n) is 8.12. The Morgan fingerprint density at radius 1 is 1.15 bits per heavy atom. The number of esters is 1. The molecule has 0 aliphatic carbocycles. The van der Waals surface area contributed by atoms with Crippen LogP contribution >= 0.6 is 0 Å². The number of carbonyl (C=O) groups is 2. The molecule has 136 valence electrons. The van der Waals surface area contributed by atoms with E-state index in [1.807, 2.05) is 30.3 Å². The third-order valence-electron chi connectivity index (χ3n) is 4.67. The lowest BCUT2D eigenvalue weighted by molar-refractivity contribution is -0.119. The van der Waals surface area contributed by atoms with E-state index in [1.165, 1.54) is 4.90 Å². The lowest BCUT2D eigenvalue weighted by Gasteiger charge is -2.28. The van der Waals surface area contributed by atoms with Gasteiger partial charge in [0, 0.05) is 18.5 Å². The molecule has 1 aliphatic heterocycles. The summed E-state index contributed by atoms with van der Waals surface area (Å²) in [6.45, 7) is 0.334. The molecule has 1 fully saturated rings. The minimum absolute atomic E-state index is 0.0996. The van der Waals surface area contributed by atoms with Gasteiger partial charge in [0.2, 0.25) is 5.91 Å². The minimum Gasteiger partial charge on any atom is -0.465 e. The van der Waals surface area contributed by atoms with Crippen molar-refractivity contribution >= 4 is 17.6 Å². The Labute approximate surface area is 149 Å². The molecule has 1 aliphatic rings. The van der Waals surface area contributed by atoms with Gasteiger partial charge in [0.1, 0.15) is 17.7 Å². The van der Waals surface area contributed by atoms with Crippen molar-refractivity contribution in [3.63, 3.8) is 0 Å².